The Hall–Kier alpha value is -3.46. The lowest BCUT2D eigenvalue weighted by molar-refractivity contribution is -0.142. The van der Waals surface area contributed by atoms with Gasteiger partial charge in [-0.15, -0.1) is 0 Å². The van der Waals surface area contributed by atoms with Crippen LogP contribution in [0, 0.1) is 4.91 Å². The molecule has 0 aliphatic rings. The fourth-order valence-corrected chi connectivity index (χ4v) is 2.79. The first-order valence-electron chi connectivity index (χ1n) is 10.4. The average molecular weight is 482 g/mol. The Kier molecular flexibility index (Phi) is 13.6. The number of nitrogens with zero attached hydrogens (tertiary/aromatic N) is 3. The third-order valence-electron chi connectivity index (χ3n) is 4.45. The predicted molar refractivity (Wildman–Crippen MR) is 119 cm³/mol. The van der Waals surface area contributed by atoms with E-state index in [4.69, 9.17) is 20.8 Å². The Labute approximate surface area is 195 Å². The van der Waals surface area contributed by atoms with Gasteiger partial charge in [0.1, 0.15) is 0 Å². The van der Waals surface area contributed by atoms with Crippen LogP contribution in [0.2, 0.25) is 0 Å². The quantitative estimate of drug-likeness (QED) is 0.118. The van der Waals surface area contributed by atoms with E-state index >= 15 is 0 Å². The van der Waals surface area contributed by atoms with Gasteiger partial charge in [-0.2, -0.15) is 4.91 Å². The molecule has 188 valence electrons. The van der Waals surface area contributed by atoms with Crippen molar-refractivity contribution in [1.82, 2.24) is 20.6 Å². The van der Waals surface area contributed by atoms with Gasteiger partial charge in [0, 0.05) is 26.2 Å². The summed E-state index contributed by atoms with van der Waals surface area (Å²) in [6.07, 6.45) is 0. The second-order valence-corrected chi connectivity index (χ2v) is 7.24. The summed E-state index contributed by atoms with van der Waals surface area (Å²) in [4.78, 5) is 63.6. The molecule has 0 saturated carbocycles. The molecule has 0 fully saturated rings. The van der Waals surface area contributed by atoms with E-state index in [-0.39, 0.29) is 58.3 Å². The second kappa shape index (κ2) is 16.2. The lowest BCUT2D eigenvalue weighted by Gasteiger charge is -2.25. The van der Waals surface area contributed by atoms with Gasteiger partial charge in [0.25, 0.3) is 5.91 Å². The lowest BCUT2D eigenvalue weighted by Crippen LogP contribution is -2.44. The third kappa shape index (κ3) is 13.2. The highest BCUT2D eigenvalue weighted by molar-refractivity contribution is 5.78. The van der Waals surface area contributed by atoms with Gasteiger partial charge in [0.05, 0.1) is 39.3 Å². The Morgan fingerprint density at radius 2 is 1.47 bits per heavy atom. The van der Waals surface area contributed by atoms with Gasteiger partial charge in [-0.3, -0.25) is 33.8 Å². The Morgan fingerprint density at radius 1 is 0.882 bits per heavy atom. The zero-order valence-electron chi connectivity index (χ0n) is 18.6. The smallest absolute Gasteiger partial charge is 0.317 e. The number of carboxylic acids is 2. The summed E-state index contributed by atoms with van der Waals surface area (Å²) < 4.78 is 0. The molecule has 0 aliphatic heterocycles. The van der Waals surface area contributed by atoms with Crippen LogP contribution in [0.25, 0.3) is 0 Å². The monoisotopic (exact) mass is 482 g/mol. The van der Waals surface area contributed by atoms with Crippen LogP contribution in [0.3, 0.4) is 0 Å². The van der Waals surface area contributed by atoms with Crippen LogP contribution in [0.5, 0.6) is 0 Å². The molecule has 0 spiro atoms. The molecule has 6 N–H and O–H groups in total. The lowest BCUT2D eigenvalue weighted by atomic mass is 10.1. The molecule has 1 aromatic rings. The number of rotatable bonds is 18. The van der Waals surface area contributed by atoms with Crippen LogP contribution >= 0.6 is 0 Å². The number of aliphatic carboxylic acids is 2. The summed E-state index contributed by atoms with van der Waals surface area (Å²) in [7, 11) is 0. The number of carbonyl (C=O) groups is 4. The number of carboxylic acid groups (broad SMARTS) is 2. The van der Waals surface area contributed by atoms with Crippen LogP contribution in [-0.2, 0) is 37.2 Å². The highest BCUT2D eigenvalue weighted by Crippen LogP contribution is 2.05. The van der Waals surface area contributed by atoms with Crippen LogP contribution in [0.1, 0.15) is 11.1 Å². The standard InChI is InChI=1S/C20H30N6O8/c21-9-17(27)24-34-14-16-3-1-15(2-4-16)10-22-18(28)11-25(6-5-23-33)7-8-26(12-19(29)30)13-20(31)32/h1-4H,5-14,21H2,(H,22,28)(H,24,27)(H,29,30)(H,31,32). The number of nitrogens with two attached hydrogens (primary N) is 1. The molecule has 2 amide bonds. The summed E-state index contributed by atoms with van der Waals surface area (Å²) in [5, 5.41) is 23.4. The molecule has 0 unspecified atom stereocenters. The SMILES string of the molecule is NCC(=O)NOCc1ccc(CNC(=O)CN(CCN=O)CCN(CC(=O)O)CC(=O)O)cc1. The molecule has 14 nitrogen and oxygen atoms in total. The predicted octanol–water partition coefficient (Wildman–Crippen LogP) is -1.65. The molecule has 0 aliphatic carbocycles. The van der Waals surface area contributed by atoms with E-state index in [1.165, 1.54) is 4.90 Å². The first-order valence-corrected chi connectivity index (χ1v) is 10.4. The van der Waals surface area contributed by atoms with E-state index in [2.05, 4.69) is 16.0 Å². The minimum Gasteiger partial charge on any atom is -0.480 e. The van der Waals surface area contributed by atoms with Crippen molar-refractivity contribution in [1.29, 1.82) is 0 Å². The number of amides is 2. The molecule has 0 saturated heterocycles. The Balaban J connectivity index is 2.52. The van der Waals surface area contributed by atoms with E-state index < -0.39 is 30.9 Å². The topological polar surface area (TPSA) is 204 Å². The normalized spacial score (nSPS) is 10.8. The molecule has 14 heteroatoms. The van der Waals surface area contributed by atoms with Crippen molar-refractivity contribution in [3.8, 4) is 0 Å². The molecule has 1 aromatic carbocycles. The molecular weight excluding hydrogens is 452 g/mol. The van der Waals surface area contributed by atoms with E-state index in [0.717, 1.165) is 11.1 Å². The van der Waals surface area contributed by atoms with Gasteiger partial charge in [-0.1, -0.05) is 29.4 Å². The second-order valence-electron chi connectivity index (χ2n) is 7.24. The van der Waals surface area contributed by atoms with Crippen LogP contribution in [-0.4, -0.2) is 96.1 Å². The highest BCUT2D eigenvalue weighted by atomic mass is 16.6. The number of hydroxylamine groups is 1. The Bertz CT molecular complexity index is 804. The van der Waals surface area contributed by atoms with Crippen LogP contribution < -0.4 is 16.5 Å². The van der Waals surface area contributed by atoms with Gasteiger partial charge in [-0.25, -0.2) is 5.48 Å². The van der Waals surface area contributed by atoms with Gasteiger partial charge in [0.2, 0.25) is 5.91 Å². The number of carbonyl (C=O) groups excluding carboxylic acids is 2. The van der Waals surface area contributed by atoms with E-state index in [1.807, 2.05) is 0 Å². The van der Waals surface area contributed by atoms with Crippen molar-refractivity contribution in [2.45, 2.75) is 13.2 Å². The summed E-state index contributed by atoms with van der Waals surface area (Å²) in [5.74, 6) is -3.10. The number of nitrogens with one attached hydrogen (secondary N) is 2. The molecule has 0 aromatic heterocycles. The number of hydrogen-bond acceptors (Lipinski definition) is 10. The molecule has 34 heavy (non-hydrogen) atoms. The van der Waals surface area contributed by atoms with Crippen molar-refractivity contribution in [2.75, 3.05) is 52.4 Å². The van der Waals surface area contributed by atoms with E-state index in [9.17, 15) is 24.1 Å². The van der Waals surface area contributed by atoms with Gasteiger partial charge < -0.3 is 21.3 Å². The maximum absolute atomic E-state index is 12.4. The fraction of sp³-hybridized carbons (Fsp3) is 0.500. The maximum Gasteiger partial charge on any atom is 0.317 e. The van der Waals surface area contributed by atoms with Crippen LogP contribution in [0.4, 0.5) is 0 Å². The minimum atomic E-state index is -1.17. The van der Waals surface area contributed by atoms with Crippen molar-refractivity contribution in [2.24, 2.45) is 10.9 Å². The molecule has 0 atom stereocenters. The van der Waals surface area contributed by atoms with Crippen LogP contribution in [0.15, 0.2) is 29.4 Å². The minimum absolute atomic E-state index is 0.0690. The maximum atomic E-state index is 12.4. The van der Waals surface area contributed by atoms with Gasteiger partial charge in [-0.05, 0) is 11.1 Å². The van der Waals surface area contributed by atoms with Crippen molar-refractivity contribution >= 4 is 23.8 Å². The average Bonchev–Trinajstić information content (AvgIpc) is 2.79. The molecule has 0 heterocycles. The molecule has 1 rings (SSSR count). The fourth-order valence-electron chi connectivity index (χ4n) is 2.79. The number of nitroso groups, excluding NO2 is 1. The summed E-state index contributed by atoms with van der Waals surface area (Å²) in [6, 6.07) is 7.12. The molecule has 0 radical (unpaired) electrons. The third-order valence-corrected chi connectivity index (χ3v) is 4.45. The largest absolute Gasteiger partial charge is 0.480 e. The van der Waals surface area contributed by atoms with Gasteiger partial charge >= 0.3 is 11.9 Å². The van der Waals surface area contributed by atoms with Crippen molar-refractivity contribution < 1.29 is 34.2 Å². The summed E-state index contributed by atoms with van der Waals surface area (Å²) >= 11 is 0. The Morgan fingerprint density at radius 3 is 2.03 bits per heavy atom. The number of hydrogen-bond donors (Lipinski definition) is 5. The summed E-state index contributed by atoms with van der Waals surface area (Å²) in [6.45, 7) is -0.412. The van der Waals surface area contributed by atoms with Crippen molar-refractivity contribution in [3.05, 3.63) is 40.3 Å². The summed E-state index contributed by atoms with van der Waals surface area (Å²) in [5.41, 5.74) is 8.96. The highest BCUT2D eigenvalue weighted by Gasteiger charge is 2.17. The van der Waals surface area contributed by atoms with Gasteiger partial charge in [0.15, 0.2) is 0 Å². The number of benzene rings is 1. The molecule has 0 bridgehead atoms. The zero-order chi connectivity index (χ0) is 25.3. The van der Waals surface area contributed by atoms with E-state index in [1.54, 1.807) is 29.2 Å². The molecular formula is C20H30N6O8. The van der Waals surface area contributed by atoms with Crippen molar-refractivity contribution in [3.63, 3.8) is 0 Å². The van der Waals surface area contributed by atoms with E-state index in [0.29, 0.717) is 0 Å². The first-order chi connectivity index (χ1) is 16.2. The zero-order valence-corrected chi connectivity index (χ0v) is 18.6. The first kappa shape index (κ1) is 28.6.